The van der Waals surface area contributed by atoms with E-state index in [-0.39, 0.29) is 0 Å². The van der Waals surface area contributed by atoms with Gasteiger partial charge < -0.3 is 11.5 Å². The van der Waals surface area contributed by atoms with E-state index in [1.807, 2.05) is 24.3 Å². The third-order valence-electron chi connectivity index (χ3n) is 2.60. The Morgan fingerprint density at radius 2 is 1.87 bits per heavy atom. The van der Waals surface area contributed by atoms with Crippen molar-refractivity contribution in [3.05, 3.63) is 35.4 Å². The Hall–Kier alpha value is -1.35. The molecule has 1 atom stereocenters. The second kappa shape index (κ2) is 4.45. The molecule has 0 saturated carbocycles. The van der Waals surface area contributed by atoms with Gasteiger partial charge in [-0.15, -0.1) is 0 Å². The maximum absolute atomic E-state index is 11.1. The van der Waals surface area contributed by atoms with Crippen LogP contribution in [0, 0.1) is 0 Å². The average Bonchev–Trinajstić information content (AvgIpc) is 2.19. The summed E-state index contributed by atoms with van der Waals surface area (Å²) >= 11 is 0. The number of nitrogens with two attached hydrogens (primary N) is 2. The first-order valence-electron chi connectivity index (χ1n) is 5.16. The number of amides is 1. The molecule has 1 aromatic carbocycles. The molecular formula is C12H18N2O. The molecule has 0 saturated heterocycles. The summed E-state index contributed by atoms with van der Waals surface area (Å²) in [5.41, 5.74) is 12.0. The lowest BCUT2D eigenvalue weighted by atomic mass is 9.91. The first kappa shape index (κ1) is 11.7. The van der Waals surface area contributed by atoms with Crippen LogP contribution in [0.3, 0.4) is 0 Å². The minimum atomic E-state index is -1.08. The summed E-state index contributed by atoms with van der Waals surface area (Å²) in [5, 5.41) is 0. The standard InChI is InChI=1S/C12H18N2O/c1-3-4-9-5-7-10(8-6-9)12(2,14)11(13)15/h5-8H,3-4,14H2,1-2H3,(H2,13,15). The van der Waals surface area contributed by atoms with Crippen LogP contribution in [0.4, 0.5) is 0 Å². The van der Waals surface area contributed by atoms with Gasteiger partial charge in [0.1, 0.15) is 5.54 Å². The fourth-order valence-electron chi connectivity index (χ4n) is 1.45. The lowest BCUT2D eigenvalue weighted by Crippen LogP contribution is -2.46. The summed E-state index contributed by atoms with van der Waals surface area (Å²) < 4.78 is 0. The van der Waals surface area contributed by atoms with Crippen LogP contribution in [0.1, 0.15) is 31.4 Å². The molecular weight excluding hydrogens is 188 g/mol. The minimum absolute atomic E-state index is 0.509. The molecule has 15 heavy (non-hydrogen) atoms. The van der Waals surface area contributed by atoms with Crippen molar-refractivity contribution in [2.24, 2.45) is 11.5 Å². The van der Waals surface area contributed by atoms with Gasteiger partial charge >= 0.3 is 0 Å². The van der Waals surface area contributed by atoms with E-state index in [0.717, 1.165) is 18.4 Å². The molecule has 0 heterocycles. The molecule has 1 amide bonds. The van der Waals surface area contributed by atoms with E-state index in [1.165, 1.54) is 5.56 Å². The van der Waals surface area contributed by atoms with Crippen LogP contribution in [0.25, 0.3) is 0 Å². The molecule has 3 nitrogen and oxygen atoms in total. The van der Waals surface area contributed by atoms with Gasteiger partial charge in [-0.2, -0.15) is 0 Å². The Kier molecular flexibility index (Phi) is 3.48. The summed E-state index contributed by atoms with van der Waals surface area (Å²) in [6, 6.07) is 7.73. The van der Waals surface area contributed by atoms with Crippen molar-refractivity contribution >= 4 is 5.91 Å². The summed E-state index contributed by atoms with van der Waals surface area (Å²) in [7, 11) is 0. The highest BCUT2D eigenvalue weighted by molar-refractivity contribution is 5.85. The summed E-state index contributed by atoms with van der Waals surface area (Å²) in [6.45, 7) is 3.76. The summed E-state index contributed by atoms with van der Waals surface area (Å²) in [4.78, 5) is 11.1. The normalized spacial score (nSPS) is 14.6. The van der Waals surface area contributed by atoms with Gasteiger partial charge in [-0.05, 0) is 24.5 Å². The van der Waals surface area contributed by atoms with Crippen LogP contribution in [0.5, 0.6) is 0 Å². The van der Waals surface area contributed by atoms with E-state index in [0.29, 0.717) is 0 Å². The molecule has 0 bridgehead atoms. The van der Waals surface area contributed by atoms with Crippen LogP contribution >= 0.6 is 0 Å². The highest BCUT2D eigenvalue weighted by Crippen LogP contribution is 2.18. The van der Waals surface area contributed by atoms with Gasteiger partial charge in [0.25, 0.3) is 0 Å². The van der Waals surface area contributed by atoms with Crippen LogP contribution < -0.4 is 11.5 Å². The van der Waals surface area contributed by atoms with Crippen molar-refractivity contribution in [3.8, 4) is 0 Å². The van der Waals surface area contributed by atoms with Gasteiger partial charge in [-0.25, -0.2) is 0 Å². The topological polar surface area (TPSA) is 69.1 Å². The Labute approximate surface area is 90.5 Å². The summed E-state index contributed by atoms with van der Waals surface area (Å²) in [5.74, 6) is -0.509. The molecule has 1 rings (SSSR count). The Morgan fingerprint density at radius 1 is 1.33 bits per heavy atom. The molecule has 1 unspecified atom stereocenters. The maximum atomic E-state index is 11.1. The molecule has 82 valence electrons. The van der Waals surface area contributed by atoms with E-state index >= 15 is 0 Å². The monoisotopic (exact) mass is 206 g/mol. The largest absolute Gasteiger partial charge is 0.368 e. The van der Waals surface area contributed by atoms with Crippen molar-refractivity contribution in [1.29, 1.82) is 0 Å². The van der Waals surface area contributed by atoms with E-state index in [9.17, 15) is 4.79 Å². The van der Waals surface area contributed by atoms with E-state index in [4.69, 9.17) is 11.5 Å². The van der Waals surface area contributed by atoms with Gasteiger partial charge in [0.15, 0.2) is 0 Å². The van der Waals surface area contributed by atoms with Crippen LogP contribution in [-0.4, -0.2) is 5.91 Å². The molecule has 3 heteroatoms. The number of carbonyl (C=O) groups excluding carboxylic acids is 1. The van der Waals surface area contributed by atoms with Crippen molar-refractivity contribution in [2.75, 3.05) is 0 Å². The molecule has 0 spiro atoms. The predicted molar refractivity (Wildman–Crippen MR) is 61.2 cm³/mol. The first-order valence-corrected chi connectivity index (χ1v) is 5.16. The van der Waals surface area contributed by atoms with Gasteiger partial charge in [0.05, 0.1) is 0 Å². The second-order valence-corrected chi connectivity index (χ2v) is 4.01. The maximum Gasteiger partial charge on any atom is 0.241 e. The molecule has 0 radical (unpaired) electrons. The lowest BCUT2D eigenvalue weighted by molar-refractivity contribution is -0.122. The lowest BCUT2D eigenvalue weighted by Gasteiger charge is -2.21. The van der Waals surface area contributed by atoms with E-state index in [2.05, 4.69) is 6.92 Å². The molecule has 0 aliphatic carbocycles. The average molecular weight is 206 g/mol. The molecule has 4 N–H and O–H groups in total. The highest BCUT2D eigenvalue weighted by atomic mass is 16.1. The Morgan fingerprint density at radius 3 is 2.27 bits per heavy atom. The van der Waals surface area contributed by atoms with Crippen molar-refractivity contribution in [1.82, 2.24) is 0 Å². The summed E-state index contributed by atoms with van der Waals surface area (Å²) in [6.07, 6.45) is 2.15. The zero-order valence-corrected chi connectivity index (χ0v) is 9.29. The SMILES string of the molecule is CCCc1ccc(C(C)(N)C(N)=O)cc1. The van der Waals surface area contributed by atoms with Crippen LogP contribution in [0.2, 0.25) is 0 Å². The molecule has 0 aliphatic rings. The number of benzene rings is 1. The number of carbonyl (C=O) groups is 1. The van der Waals surface area contributed by atoms with Gasteiger partial charge in [0, 0.05) is 0 Å². The Bertz CT molecular complexity index is 341. The zero-order valence-electron chi connectivity index (χ0n) is 9.29. The van der Waals surface area contributed by atoms with Gasteiger partial charge in [0.2, 0.25) is 5.91 Å². The van der Waals surface area contributed by atoms with Gasteiger partial charge in [-0.3, -0.25) is 4.79 Å². The zero-order chi connectivity index (χ0) is 11.5. The van der Waals surface area contributed by atoms with E-state index < -0.39 is 11.4 Å². The Balaban J connectivity index is 2.93. The smallest absolute Gasteiger partial charge is 0.241 e. The predicted octanol–water partition coefficient (Wildman–Crippen LogP) is 1.30. The first-order chi connectivity index (χ1) is 6.98. The highest BCUT2D eigenvalue weighted by Gasteiger charge is 2.27. The molecule has 0 fully saturated rings. The molecule has 0 aliphatic heterocycles. The van der Waals surface area contributed by atoms with Crippen molar-refractivity contribution in [3.63, 3.8) is 0 Å². The van der Waals surface area contributed by atoms with Gasteiger partial charge in [-0.1, -0.05) is 37.6 Å². The fourth-order valence-corrected chi connectivity index (χ4v) is 1.45. The number of primary amides is 1. The van der Waals surface area contributed by atoms with E-state index in [1.54, 1.807) is 6.92 Å². The number of hydrogen-bond acceptors (Lipinski definition) is 2. The number of hydrogen-bond donors (Lipinski definition) is 2. The molecule has 1 aromatic rings. The molecule has 0 aromatic heterocycles. The number of rotatable bonds is 4. The van der Waals surface area contributed by atoms with Crippen molar-refractivity contribution in [2.45, 2.75) is 32.2 Å². The second-order valence-electron chi connectivity index (χ2n) is 4.01. The van der Waals surface area contributed by atoms with Crippen molar-refractivity contribution < 1.29 is 4.79 Å². The minimum Gasteiger partial charge on any atom is -0.368 e. The quantitative estimate of drug-likeness (QED) is 0.779. The fraction of sp³-hybridized carbons (Fsp3) is 0.417. The number of aryl methyl sites for hydroxylation is 1. The van der Waals surface area contributed by atoms with Crippen LogP contribution in [0.15, 0.2) is 24.3 Å². The van der Waals surface area contributed by atoms with Crippen LogP contribution in [-0.2, 0) is 16.8 Å². The third kappa shape index (κ3) is 2.57. The third-order valence-corrected chi connectivity index (χ3v) is 2.60.